The van der Waals surface area contributed by atoms with E-state index in [1.54, 1.807) is 0 Å². The summed E-state index contributed by atoms with van der Waals surface area (Å²) in [6, 6.07) is 0. The van der Waals surface area contributed by atoms with Crippen LogP contribution in [0.5, 0.6) is 0 Å². The molecule has 1 nitrogen and oxygen atoms in total. The number of epoxide rings is 1. The van der Waals surface area contributed by atoms with Crippen molar-refractivity contribution in [3.63, 3.8) is 0 Å². The van der Waals surface area contributed by atoms with E-state index in [2.05, 4.69) is 6.92 Å². The highest BCUT2D eigenvalue weighted by Gasteiger charge is 2.46. The van der Waals surface area contributed by atoms with Gasteiger partial charge in [-0.15, -0.1) is 0 Å². The van der Waals surface area contributed by atoms with Crippen LogP contribution in [0.4, 0.5) is 0 Å². The summed E-state index contributed by atoms with van der Waals surface area (Å²) in [5, 5.41) is 0. The summed E-state index contributed by atoms with van der Waals surface area (Å²) in [5.74, 6) is 0. The van der Waals surface area contributed by atoms with Gasteiger partial charge in [-0.25, -0.2) is 0 Å². The molecule has 0 aromatic heterocycles. The lowest BCUT2D eigenvalue weighted by Gasteiger charge is -2.36. The van der Waals surface area contributed by atoms with Crippen LogP contribution in [-0.2, 0) is 4.74 Å². The topological polar surface area (TPSA) is 12.5 Å². The maximum Gasteiger partial charge on any atom is 0.0863 e. The standard InChI is InChI=1S/C7H12O/c1-7(3-2-4-7)6-5-8-6/h6H,2-5H2,1H3. The second-order valence-corrected chi connectivity index (χ2v) is 3.33. The van der Waals surface area contributed by atoms with Crippen LogP contribution in [0.2, 0.25) is 0 Å². The number of ether oxygens (including phenoxy) is 1. The Morgan fingerprint density at radius 2 is 2.12 bits per heavy atom. The fraction of sp³-hybridized carbons (Fsp3) is 1.00. The average molecular weight is 112 g/mol. The van der Waals surface area contributed by atoms with E-state index in [-0.39, 0.29) is 0 Å². The fourth-order valence-electron chi connectivity index (χ4n) is 1.51. The summed E-state index contributed by atoms with van der Waals surface area (Å²) in [5.41, 5.74) is 0.611. The molecule has 0 spiro atoms. The second kappa shape index (κ2) is 1.27. The maximum atomic E-state index is 5.22. The third-order valence-corrected chi connectivity index (χ3v) is 2.61. The third kappa shape index (κ3) is 0.510. The van der Waals surface area contributed by atoms with Crippen LogP contribution in [0.25, 0.3) is 0 Å². The summed E-state index contributed by atoms with van der Waals surface area (Å²) in [7, 11) is 0. The Kier molecular flexibility index (Phi) is 0.762. The molecule has 0 aromatic carbocycles. The highest BCUT2D eigenvalue weighted by atomic mass is 16.6. The van der Waals surface area contributed by atoms with Crippen molar-refractivity contribution in [1.82, 2.24) is 0 Å². The SMILES string of the molecule is CC1(C2CO2)CCC1. The summed E-state index contributed by atoms with van der Waals surface area (Å²) in [6.45, 7) is 3.38. The van der Waals surface area contributed by atoms with Crippen LogP contribution < -0.4 is 0 Å². The zero-order chi connectivity index (χ0) is 5.61. The van der Waals surface area contributed by atoms with E-state index in [9.17, 15) is 0 Å². The quantitative estimate of drug-likeness (QED) is 0.469. The first kappa shape index (κ1) is 4.80. The normalized spacial score (nSPS) is 40.9. The Bertz CT molecular complexity index is 101. The van der Waals surface area contributed by atoms with Gasteiger partial charge in [0.05, 0.1) is 12.7 Å². The predicted molar refractivity (Wildman–Crippen MR) is 31.7 cm³/mol. The Morgan fingerprint density at radius 1 is 1.50 bits per heavy atom. The third-order valence-electron chi connectivity index (χ3n) is 2.61. The van der Waals surface area contributed by atoms with Gasteiger partial charge in [-0.1, -0.05) is 13.3 Å². The minimum atomic E-state index is 0.611. The van der Waals surface area contributed by atoms with Crippen molar-refractivity contribution < 1.29 is 4.74 Å². The van der Waals surface area contributed by atoms with Gasteiger partial charge in [-0.3, -0.25) is 0 Å². The molecule has 2 aliphatic rings. The number of hydrogen-bond acceptors (Lipinski definition) is 1. The van der Waals surface area contributed by atoms with E-state index >= 15 is 0 Å². The van der Waals surface area contributed by atoms with E-state index < -0.39 is 0 Å². The zero-order valence-electron chi connectivity index (χ0n) is 5.31. The molecule has 1 heteroatoms. The van der Waals surface area contributed by atoms with Crippen LogP contribution in [0.3, 0.4) is 0 Å². The average Bonchev–Trinajstić information content (AvgIpc) is 2.38. The molecule has 0 bridgehead atoms. The van der Waals surface area contributed by atoms with Crippen LogP contribution in [0.1, 0.15) is 26.2 Å². The van der Waals surface area contributed by atoms with Gasteiger partial charge in [-0.2, -0.15) is 0 Å². The van der Waals surface area contributed by atoms with Gasteiger partial charge in [0, 0.05) is 0 Å². The van der Waals surface area contributed by atoms with E-state index in [0.717, 1.165) is 6.61 Å². The summed E-state index contributed by atoms with van der Waals surface area (Å²) in [4.78, 5) is 0. The fourth-order valence-corrected chi connectivity index (χ4v) is 1.51. The first-order valence-corrected chi connectivity index (χ1v) is 3.43. The Morgan fingerprint density at radius 3 is 2.25 bits per heavy atom. The first-order valence-electron chi connectivity index (χ1n) is 3.43. The molecule has 1 aliphatic carbocycles. The molecule has 0 N–H and O–H groups in total. The van der Waals surface area contributed by atoms with Gasteiger partial charge in [-0.05, 0) is 18.3 Å². The predicted octanol–water partition coefficient (Wildman–Crippen LogP) is 1.58. The molecule has 2 rings (SSSR count). The zero-order valence-corrected chi connectivity index (χ0v) is 5.31. The lowest BCUT2D eigenvalue weighted by Crippen LogP contribution is -2.31. The van der Waals surface area contributed by atoms with Gasteiger partial charge in [0.2, 0.25) is 0 Å². The molecule has 0 amide bonds. The highest BCUT2D eigenvalue weighted by Crippen LogP contribution is 2.48. The molecule has 1 saturated carbocycles. The van der Waals surface area contributed by atoms with Crippen molar-refractivity contribution >= 4 is 0 Å². The molecular formula is C7H12O. The van der Waals surface area contributed by atoms with E-state index in [1.165, 1.54) is 19.3 Å². The molecule has 0 radical (unpaired) electrons. The lowest BCUT2D eigenvalue weighted by molar-refractivity contribution is 0.109. The molecule has 1 saturated heterocycles. The van der Waals surface area contributed by atoms with Gasteiger partial charge in [0.25, 0.3) is 0 Å². The van der Waals surface area contributed by atoms with Crippen molar-refractivity contribution in [3.8, 4) is 0 Å². The largest absolute Gasteiger partial charge is 0.373 e. The number of rotatable bonds is 1. The van der Waals surface area contributed by atoms with Gasteiger partial charge >= 0.3 is 0 Å². The lowest BCUT2D eigenvalue weighted by atomic mass is 9.68. The minimum Gasteiger partial charge on any atom is -0.373 e. The first-order chi connectivity index (χ1) is 3.81. The Labute approximate surface area is 50.0 Å². The van der Waals surface area contributed by atoms with Crippen LogP contribution in [0, 0.1) is 5.41 Å². The molecule has 2 fully saturated rings. The molecule has 0 aromatic rings. The molecule has 46 valence electrons. The molecule has 1 heterocycles. The van der Waals surface area contributed by atoms with Crippen LogP contribution in [-0.4, -0.2) is 12.7 Å². The summed E-state index contributed by atoms with van der Waals surface area (Å²) in [6.07, 6.45) is 4.88. The maximum absolute atomic E-state index is 5.22. The van der Waals surface area contributed by atoms with Crippen LogP contribution >= 0.6 is 0 Å². The summed E-state index contributed by atoms with van der Waals surface area (Å²) >= 11 is 0. The molecular weight excluding hydrogens is 100 g/mol. The summed E-state index contributed by atoms with van der Waals surface area (Å²) < 4.78 is 5.22. The second-order valence-electron chi connectivity index (χ2n) is 3.33. The van der Waals surface area contributed by atoms with Crippen molar-refractivity contribution in [3.05, 3.63) is 0 Å². The number of hydrogen-bond donors (Lipinski definition) is 0. The van der Waals surface area contributed by atoms with Gasteiger partial charge in [0.1, 0.15) is 0 Å². The van der Waals surface area contributed by atoms with Gasteiger partial charge < -0.3 is 4.74 Å². The van der Waals surface area contributed by atoms with Crippen LogP contribution in [0.15, 0.2) is 0 Å². The molecule has 8 heavy (non-hydrogen) atoms. The highest BCUT2D eigenvalue weighted by molar-refractivity contribution is 4.95. The Balaban J connectivity index is 1.99. The van der Waals surface area contributed by atoms with Crippen molar-refractivity contribution in [2.75, 3.05) is 6.61 Å². The van der Waals surface area contributed by atoms with Gasteiger partial charge in [0.15, 0.2) is 0 Å². The molecule has 1 atom stereocenters. The monoisotopic (exact) mass is 112 g/mol. The minimum absolute atomic E-state index is 0.611. The van der Waals surface area contributed by atoms with E-state index in [0.29, 0.717) is 11.5 Å². The van der Waals surface area contributed by atoms with E-state index in [1.807, 2.05) is 0 Å². The van der Waals surface area contributed by atoms with Crippen molar-refractivity contribution in [2.45, 2.75) is 32.3 Å². The van der Waals surface area contributed by atoms with Crippen molar-refractivity contribution in [1.29, 1.82) is 0 Å². The molecule has 1 aliphatic heterocycles. The molecule has 1 unspecified atom stereocenters. The van der Waals surface area contributed by atoms with Crippen molar-refractivity contribution in [2.24, 2.45) is 5.41 Å². The van der Waals surface area contributed by atoms with E-state index in [4.69, 9.17) is 4.74 Å². The smallest absolute Gasteiger partial charge is 0.0863 e. The Hall–Kier alpha value is -0.0400.